The minimum Gasteiger partial charge on any atom is -0.450 e. The summed E-state index contributed by atoms with van der Waals surface area (Å²) in [7, 11) is 1.65. The number of aryl methyl sites for hydroxylation is 2. The molecule has 0 amide bonds. The first-order valence-electron chi connectivity index (χ1n) is 7.74. The Balaban J connectivity index is 2.05. The molecule has 0 fully saturated rings. The quantitative estimate of drug-likeness (QED) is 0.425. The molecular weight excluding hydrogens is 455 g/mol. The Morgan fingerprint density at radius 1 is 1.31 bits per heavy atom. The van der Waals surface area contributed by atoms with E-state index in [9.17, 15) is 13.6 Å². The number of halogens is 3. The van der Waals surface area contributed by atoms with Gasteiger partial charge in [0.15, 0.2) is 21.0 Å². The van der Waals surface area contributed by atoms with Gasteiger partial charge in [0.2, 0.25) is 0 Å². The summed E-state index contributed by atoms with van der Waals surface area (Å²) in [6.45, 7) is 3.56. The van der Waals surface area contributed by atoms with E-state index in [2.05, 4.69) is 32.9 Å². The van der Waals surface area contributed by atoms with Gasteiger partial charge in [0.1, 0.15) is 11.5 Å². The van der Waals surface area contributed by atoms with Crippen LogP contribution in [-0.4, -0.2) is 13.9 Å². The van der Waals surface area contributed by atoms with Crippen molar-refractivity contribution >= 4 is 28.3 Å². The zero-order chi connectivity index (χ0) is 19.1. The van der Waals surface area contributed by atoms with E-state index >= 15 is 0 Å². The molecule has 1 aromatic heterocycles. The van der Waals surface area contributed by atoms with Gasteiger partial charge in [0, 0.05) is 36.6 Å². The molecule has 0 unspecified atom stereocenters. The van der Waals surface area contributed by atoms with Crippen molar-refractivity contribution in [2.24, 2.45) is 12.0 Å². The van der Waals surface area contributed by atoms with Crippen molar-refractivity contribution in [3.8, 4) is 5.75 Å². The highest BCUT2D eigenvalue weighted by atomic mass is 127. The predicted molar refractivity (Wildman–Crippen MR) is 104 cm³/mol. The van der Waals surface area contributed by atoms with Crippen molar-refractivity contribution in [3.05, 3.63) is 75.5 Å². The average Bonchev–Trinajstić information content (AvgIpc) is 2.55. The van der Waals surface area contributed by atoms with Gasteiger partial charge in [0.25, 0.3) is 5.56 Å². The van der Waals surface area contributed by atoms with Crippen molar-refractivity contribution in [2.75, 3.05) is 0 Å². The highest BCUT2D eigenvalue weighted by Gasteiger charge is 2.27. The normalized spacial score (nSPS) is 19.5. The second kappa shape index (κ2) is 6.82. The number of nitrogens with zero attached hydrogens (tertiary/aromatic N) is 2. The minimum atomic E-state index is -0.815. The molecule has 0 saturated heterocycles. The third kappa shape index (κ3) is 3.79. The third-order valence-electron chi connectivity index (χ3n) is 3.77. The molecule has 3 rings (SSSR count). The summed E-state index contributed by atoms with van der Waals surface area (Å²) in [6.07, 6.45) is 3.22. The molecule has 2 aromatic rings. The molecule has 0 aliphatic carbocycles. The fourth-order valence-electron chi connectivity index (χ4n) is 2.53. The van der Waals surface area contributed by atoms with Crippen molar-refractivity contribution in [1.29, 1.82) is 0 Å². The van der Waals surface area contributed by atoms with E-state index in [0.29, 0.717) is 16.8 Å². The zero-order valence-electron chi connectivity index (χ0n) is 14.3. The molecule has 1 N–H and O–H groups in total. The van der Waals surface area contributed by atoms with Crippen LogP contribution in [0.2, 0.25) is 0 Å². The Morgan fingerprint density at radius 2 is 2.04 bits per heavy atom. The molecule has 0 radical (unpaired) electrons. The summed E-state index contributed by atoms with van der Waals surface area (Å²) in [5.74, 6) is -1.36. The lowest BCUT2D eigenvalue weighted by atomic mass is 10.1. The van der Waals surface area contributed by atoms with E-state index in [4.69, 9.17) is 4.74 Å². The maximum Gasteiger partial charge on any atom is 0.253 e. The lowest BCUT2D eigenvalue weighted by molar-refractivity contribution is 0.405. The first kappa shape index (κ1) is 18.6. The van der Waals surface area contributed by atoms with Crippen LogP contribution >= 0.6 is 22.6 Å². The number of allylic oxidation sites excluding steroid dienone is 1. The highest BCUT2D eigenvalue weighted by Crippen LogP contribution is 2.27. The first-order chi connectivity index (χ1) is 12.2. The van der Waals surface area contributed by atoms with E-state index in [1.54, 1.807) is 32.4 Å². The monoisotopic (exact) mass is 471 g/mol. The molecule has 0 bridgehead atoms. The zero-order valence-corrected chi connectivity index (χ0v) is 16.5. The molecule has 0 spiro atoms. The van der Waals surface area contributed by atoms with Crippen LogP contribution in [0.25, 0.3) is 0 Å². The first-order valence-corrected chi connectivity index (χ1v) is 8.82. The molecule has 8 heteroatoms. The number of nitrogens with one attached hydrogen (secondary N) is 1. The predicted octanol–water partition coefficient (Wildman–Crippen LogP) is 3.39. The Labute approximate surface area is 162 Å². The second-order valence-corrected chi connectivity index (χ2v) is 8.17. The number of hydrogen-bond donors (Lipinski definition) is 1. The van der Waals surface area contributed by atoms with E-state index < -0.39 is 15.3 Å². The fourth-order valence-corrected chi connectivity index (χ4v) is 2.93. The van der Waals surface area contributed by atoms with Crippen LogP contribution in [-0.2, 0) is 7.05 Å². The Morgan fingerprint density at radius 3 is 2.69 bits per heavy atom. The SMILES string of the molecule is Cc1cc(C2=N[C@@](C)(I)NC=C2Oc2ccc(F)cc2F)cn(C)c1=O. The molecule has 1 aliphatic rings. The number of alkyl halides is 1. The lowest BCUT2D eigenvalue weighted by Crippen LogP contribution is -2.37. The summed E-state index contributed by atoms with van der Waals surface area (Å²) in [4.78, 5) is 16.6. The van der Waals surface area contributed by atoms with Crippen molar-refractivity contribution in [2.45, 2.75) is 17.5 Å². The molecule has 2 heterocycles. The van der Waals surface area contributed by atoms with E-state index in [0.717, 1.165) is 12.1 Å². The fraction of sp³-hybridized carbons (Fsp3) is 0.222. The Bertz CT molecular complexity index is 970. The van der Waals surface area contributed by atoms with Crippen molar-refractivity contribution in [1.82, 2.24) is 9.88 Å². The van der Waals surface area contributed by atoms with Crippen LogP contribution in [0.4, 0.5) is 8.78 Å². The van der Waals surface area contributed by atoms with Gasteiger partial charge < -0.3 is 14.6 Å². The Kier molecular flexibility index (Phi) is 4.87. The van der Waals surface area contributed by atoms with Gasteiger partial charge in [-0.05, 0) is 54.6 Å². The molecule has 1 aromatic carbocycles. The smallest absolute Gasteiger partial charge is 0.253 e. The van der Waals surface area contributed by atoms with Crippen LogP contribution in [0.1, 0.15) is 18.1 Å². The van der Waals surface area contributed by atoms with Gasteiger partial charge in [0.05, 0.1) is 0 Å². The number of ether oxygens (including phenoxy) is 1. The lowest BCUT2D eigenvalue weighted by Gasteiger charge is -2.27. The van der Waals surface area contributed by atoms with Crippen molar-refractivity contribution in [3.63, 3.8) is 0 Å². The maximum absolute atomic E-state index is 14.0. The number of rotatable bonds is 3. The summed E-state index contributed by atoms with van der Waals surface area (Å²) in [6, 6.07) is 4.79. The Hall–Kier alpha value is -2.23. The number of hydrogen-bond acceptors (Lipinski definition) is 4. The molecular formula is C18H16F2IN3O2. The van der Waals surface area contributed by atoms with Crippen molar-refractivity contribution < 1.29 is 13.5 Å². The number of aliphatic imine (C=N–C) groups is 1. The maximum atomic E-state index is 14.0. The summed E-state index contributed by atoms with van der Waals surface area (Å²) < 4.78 is 33.6. The number of pyridine rings is 1. The number of benzene rings is 1. The largest absolute Gasteiger partial charge is 0.450 e. The average molecular weight is 471 g/mol. The molecule has 26 heavy (non-hydrogen) atoms. The molecule has 136 valence electrons. The van der Waals surface area contributed by atoms with Crippen LogP contribution in [0.15, 0.2) is 52.2 Å². The third-order valence-corrected chi connectivity index (χ3v) is 4.32. The van der Waals surface area contributed by atoms with Gasteiger partial charge in [-0.1, -0.05) is 0 Å². The molecule has 5 nitrogen and oxygen atoms in total. The summed E-state index contributed by atoms with van der Waals surface area (Å²) in [5.41, 5.74) is 1.55. The van der Waals surface area contributed by atoms with Gasteiger partial charge in [-0.2, -0.15) is 0 Å². The van der Waals surface area contributed by atoms with Gasteiger partial charge in [-0.3, -0.25) is 4.79 Å². The van der Waals surface area contributed by atoms with Crippen LogP contribution in [0.3, 0.4) is 0 Å². The molecule has 1 atom stereocenters. The van der Waals surface area contributed by atoms with E-state index in [-0.39, 0.29) is 17.1 Å². The molecule has 1 aliphatic heterocycles. The topological polar surface area (TPSA) is 55.6 Å². The summed E-state index contributed by atoms with van der Waals surface area (Å²) in [5, 5.41) is 3.05. The standard InChI is InChI=1S/C18H16F2IN3O2/c1-10-6-11(9-24(3)17(10)25)16-15(8-22-18(2,21)23-16)26-14-5-4-12(19)7-13(14)20/h4-9,22H,1-3H3/t18-/m0/s1. The summed E-state index contributed by atoms with van der Waals surface area (Å²) >= 11 is 2.12. The van der Waals surface area contributed by atoms with Crippen LogP contribution < -0.4 is 15.6 Å². The van der Waals surface area contributed by atoms with Gasteiger partial charge in [-0.15, -0.1) is 0 Å². The van der Waals surface area contributed by atoms with Crippen LogP contribution in [0, 0.1) is 18.6 Å². The molecule has 0 saturated carbocycles. The van der Waals surface area contributed by atoms with Crippen LogP contribution in [0.5, 0.6) is 5.75 Å². The van der Waals surface area contributed by atoms with E-state index in [1.807, 2.05) is 6.92 Å². The van der Waals surface area contributed by atoms with E-state index in [1.165, 1.54) is 10.6 Å². The van der Waals surface area contributed by atoms with Gasteiger partial charge >= 0.3 is 0 Å². The number of aromatic nitrogens is 1. The minimum absolute atomic E-state index is 0.114. The second-order valence-electron chi connectivity index (χ2n) is 6.07. The van der Waals surface area contributed by atoms with Gasteiger partial charge in [-0.25, -0.2) is 13.8 Å². The highest BCUT2D eigenvalue weighted by molar-refractivity contribution is 14.1.